The van der Waals surface area contributed by atoms with Crippen LogP contribution in [0.25, 0.3) is 0 Å². The van der Waals surface area contributed by atoms with Crippen LogP contribution in [0.5, 0.6) is 0 Å². The van der Waals surface area contributed by atoms with E-state index in [-0.39, 0.29) is 6.10 Å². The van der Waals surface area contributed by atoms with Gasteiger partial charge in [0.2, 0.25) is 0 Å². The third-order valence-electron chi connectivity index (χ3n) is 3.45. The fourth-order valence-corrected chi connectivity index (χ4v) is 2.52. The third kappa shape index (κ3) is 2.07. The lowest BCUT2D eigenvalue weighted by atomic mass is 9.81. The number of aryl methyl sites for hydroxylation is 1. The standard InChI is InChI=1S/C14H20O/c1-3-4-11-6-7-12-10(2)5-8-14(15)13(12)9-11/h6-7,9-10,14-15H,3-5,8H2,1-2H3/t10?,14-/m1/s1. The number of benzene rings is 1. The molecule has 0 spiro atoms. The van der Waals surface area contributed by atoms with E-state index in [1.807, 2.05) is 0 Å². The maximum atomic E-state index is 9.97. The van der Waals surface area contributed by atoms with E-state index in [0.717, 1.165) is 19.3 Å². The minimum absolute atomic E-state index is 0.229. The Morgan fingerprint density at radius 3 is 2.80 bits per heavy atom. The van der Waals surface area contributed by atoms with Crippen molar-refractivity contribution >= 4 is 0 Å². The Balaban J connectivity index is 2.36. The van der Waals surface area contributed by atoms with Crippen LogP contribution in [-0.2, 0) is 6.42 Å². The minimum Gasteiger partial charge on any atom is -0.388 e. The molecule has 1 N–H and O–H groups in total. The first-order chi connectivity index (χ1) is 7.22. The van der Waals surface area contributed by atoms with Crippen molar-refractivity contribution in [3.63, 3.8) is 0 Å². The van der Waals surface area contributed by atoms with Gasteiger partial charge < -0.3 is 5.11 Å². The Bertz CT molecular complexity index is 343. The summed E-state index contributed by atoms with van der Waals surface area (Å²) < 4.78 is 0. The summed E-state index contributed by atoms with van der Waals surface area (Å²) in [5.41, 5.74) is 3.90. The predicted octanol–water partition coefficient (Wildman–Crippen LogP) is 3.57. The molecule has 2 rings (SSSR count). The molecule has 1 aromatic rings. The molecule has 82 valence electrons. The molecule has 0 saturated carbocycles. The summed E-state index contributed by atoms with van der Waals surface area (Å²) >= 11 is 0. The lowest BCUT2D eigenvalue weighted by Gasteiger charge is -2.27. The number of aliphatic hydroxyl groups excluding tert-OH is 1. The molecule has 0 fully saturated rings. The molecule has 0 aromatic heterocycles. The summed E-state index contributed by atoms with van der Waals surface area (Å²) in [6.07, 6.45) is 4.09. The van der Waals surface area contributed by atoms with Gasteiger partial charge in [0.05, 0.1) is 6.10 Å². The van der Waals surface area contributed by atoms with Crippen LogP contribution < -0.4 is 0 Å². The van der Waals surface area contributed by atoms with Gasteiger partial charge in [-0.1, -0.05) is 38.5 Å². The summed E-state index contributed by atoms with van der Waals surface area (Å²) in [5.74, 6) is 0.610. The van der Waals surface area contributed by atoms with E-state index in [4.69, 9.17) is 0 Å². The van der Waals surface area contributed by atoms with Crippen molar-refractivity contribution < 1.29 is 5.11 Å². The Morgan fingerprint density at radius 2 is 2.07 bits per heavy atom. The lowest BCUT2D eigenvalue weighted by Crippen LogP contribution is -2.12. The Kier molecular flexibility index (Phi) is 3.11. The highest BCUT2D eigenvalue weighted by atomic mass is 16.3. The second kappa shape index (κ2) is 4.36. The first kappa shape index (κ1) is 10.7. The quantitative estimate of drug-likeness (QED) is 0.780. The molecule has 0 heterocycles. The van der Waals surface area contributed by atoms with E-state index >= 15 is 0 Å². The molecule has 2 atom stereocenters. The van der Waals surface area contributed by atoms with Crippen molar-refractivity contribution in [2.75, 3.05) is 0 Å². The van der Waals surface area contributed by atoms with Crippen LogP contribution in [-0.4, -0.2) is 5.11 Å². The number of rotatable bonds is 2. The first-order valence-corrected chi connectivity index (χ1v) is 6.03. The van der Waals surface area contributed by atoms with Crippen LogP contribution in [0.3, 0.4) is 0 Å². The predicted molar refractivity (Wildman–Crippen MR) is 63.0 cm³/mol. The molecule has 1 aliphatic carbocycles. The van der Waals surface area contributed by atoms with Gasteiger partial charge in [-0.3, -0.25) is 0 Å². The van der Waals surface area contributed by atoms with E-state index in [1.54, 1.807) is 0 Å². The average Bonchev–Trinajstić information content (AvgIpc) is 2.24. The number of hydrogen-bond donors (Lipinski definition) is 1. The van der Waals surface area contributed by atoms with Crippen LogP contribution in [0.1, 0.15) is 61.8 Å². The van der Waals surface area contributed by atoms with Crippen molar-refractivity contribution in [1.82, 2.24) is 0 Å². The van der Waals surface area contributed by atoms with Gasteiger partial charge in [0.15, 0.2) is 0 Å². The topological polar surface area (TPSA) is 20.2 Å². The molecule has 0 radical (unpaired) electrons. The molecular weight excluding hydrogens is 184 g/mol. The van der Waals surface area contributed by atoms with Gasteiger partial charge in [-0.15, -0.1) is 0 Å². The summed E-state index contributed by atoms with van der Waals surface area (Å²) in [5, 5.41) is 9.97. The molecule has 1 aliphatic rings. The Hall–Kier alpha value is -0.820. The summed E-state index contributed by atoms with van der Waals surface area (Å²) in [7, 11) is 0. The lowest BCUT2D eigenvalue weighted by molar-refractivity contribution is 0.151. The van der Waals surface area contributed by atoms with Gasteiger partial charge >= 0.3 is 0 Å². The van der Waals surface area contributed by atoms with Crippen LogP contribution in [0.4, 0.5) is 0 Å². The van der Waals surface area contributed by atoms with Crippen LogP contribution >= 0.6 is 0 Å². The van der Waals surface area contributed by atoms with Gasteiger partial charge in [-0.25, -0.2) is 0 Å². The van der Waals surface area contributed by atoms with E-state index in [1.165, 1.54) is 23.1 Å². The second-order valence-corrected chi connectivity index (χ2v) is 4.71. The molecule has 15 heavy (non-hydrogen) atoms. The zero-order valence-electron chi connectivity index (χ0n) is 9.66. The molecule has 0 bridgehead atoms. The highest BCUT2D eigenvalue weighted by molar-refractivity contribution is 5.37. The smallest absolute Gasteiger partial charge is 0.0793 e. The largest absolute Gasteiger partial charge is 0.388 e. The number of fused-ring (bicyclic) bond motifs is 1. The molecule has 0 saturated heterocycles. The minimum atomic E-state index is -0.229. The fourth-order valence-electron chi connectivity index (χ4n) is 2.52. The van der Waals surface area contributed by atoms with Crippen LogP contribution in [0.2, 0.25) is 0 Å². The van der Waals surface area contributed by atoms with Gasteiger partial charge in [0, 0.05) is 0 Å². The maximum absolute atomic E-state index is 9.97. The van der Waals surface area contributed by atoms with Crippen molar-refractivity contribution in [3.05, 3.63) is 34.9 Å². The molecule has 1 nitrogen and oxygen atoms in total. The van der Waals surface area contributed by atoms with E-state index in [9.17, 15) is 5.11 Å². The molecule has 1 unspecified atom stereocenters. The summed E-state index contributed by atoms with van der Waals surface area (Å²) in [4.78, 5) is 0. The van der Waals surface area contributed by atoms with Gasteiger partial charge in [-0.2, -0.15) is 0 Å². The third-order valence-corrected chi connectivity index (χ3v) is 3.45. The first-order valence-electron chi connectivity index (χ1n) is 6.03. The zero-order chi connectivity index (χ0) is 10.8. The Labute approximate surface area is 92.1 Å². The number of hydrogen-bond acceptors (Lipinski definition) is 1. The molecular formula is C14H20O. The summed E-state index contributed by atoms with van der Waals surface area (Å²) in [6, 6.07) is 6.64. The SMILES string of the molecule is CCCc1ccc2c(c1)[C@H](O)CCC2C. The molecule has 0 amide bonds. The zero-order valence-corrected chi connectivity index (χ0v) is 9.66. The van der Waals surface area contributed by atoms with Gasteiger partial charge in [0.25, 0.3) is 0 Å². The maximum Gasteiger partial charge on any atom is 0.0793 e. The van der Waals surface area contributed by atoms with E-state index in [0.29, 0.717) is 5.92 Å². The second-order valence-electron chi connectivity index (χ2n) is 4.71. The van der Waals surface area contributed by atoms with Crippen molar-refractivity contribution in [3.8, 4) is 0 Å². The van der Waals surface area contributed by atoms with Crippen LogP contribution in [0.15, 0.2) is 18.2 Å². The highest BCUT2D eigenvalue weighted by Gasteiger charge is 2.22. The van der Waals surface area contributed by atoms with Crippen molar-refractivity contribution in [2.24, 2.45) is 0 Å². The van der Waals surface area contributed by atoms with Crippen LogP contribution in [0, 0.1) is 0 Å². The Morgan fingerprint density at radius 1 is 1.27 bits per heavy atom. The fraction of sp³-hybridized carbons (Fsp3) is 0.571. The summed E-state index contributed by atoms with van der Waals surface area (Å²) in [6.45, 7) is 4.45. The van der Waals surface area contributed by atoms with E-state index in [2.05, 4.69) is 32.0 Å². The monoisotopic (exact) mass is 204 g/mol. The molecule has 1 heteroatoms. The van der Waals surface area contributed by atoms with Gasteiger partial charge in [0.1, 0.15) is 0 Å². The van der Waals surface area contributed by atoms with Crippen molar-refractivity contribution in [1.29, 1.82) is 0 Å². The number of aliphatic hydroxyl groups is 1. The van der Waals surface area contributed by atoms with Crippen molar-refractivity contribution in [2.45, 2.75) is 51.6 Å². The normalized spacial score (nSPS) is 25.0. The molecule has 1 aromatic carbocycles. The van der Waals surface area contributed by atoms with E-state index < -0.39 is 0 Å². The van der Waals surface area contributed by atoms with Gasteiger partial charge in [-0.05, 0) is 41.9 Å². The highest BCUT2D eigenvalue weighted by Crippen LogP contribution is 2.37. The average molecular weight is 204 g/mol. The molecule has 0 aliphatic heterocycles.